The molecule has 0 bridgehead atoms. The van der Waals surface area contributed by atoms with E-state index < -0.39 is 6.17 Å². The molecular formula is C18H14FN3O2. The van der Waals surface area contributed by atoms with E-state index in [-0.39, 0.29) is 18.3 Å². The molecule has 0 fully saturated rings. The molecule has 120 valence electrons. The Morgan fingerprint density at radius 3 is 2.83 bits per heavy atom. The van der Waals surface area contributed by atoms with Gasteiger partial charge in [-0.3, -0.25) is 9.78 Å². The highest BCUT2D eigenvalue weighted by atomic mass is 19.1. The third kappa shape index (κ3) is 2.42. The molecule has 2 aromatic heterocycles. The number of carbonyl (C=O) groups excluding carboxylic acids is 1. The van der Waals surface area contributed by atoms with Crippen molar-refractivity contribution in [1.82, 2.24) is 9.88 Å². The molecule has 0 saturated carbocycles. The molecule has 0 spiro atoms. The van der Waals surface area contributed by atoms with Gasteiger partial charge < -0.3 is 14.6 Å². The molecule has 3 aromatic rings. The summed E-state index contributed by atoms with van der Waals surface area (Å²) in [7, 11) is 0. The summed E-state index contributed by atoms with van der Waals surface area (Å²) >= 11 is 0. The van der Waals surface area contributed by atoms with Crippen LogP contribution in [-0.4, -0.2) is 15.8 Å². The standard InChI is InChI=1S/C18H14FN3O2/c19-14-7-1-2-8-15(14)21-17-16-13(6-3-9-20-16)18(23)22(17)11-12-5-4-10-24-12/h1-10,17,21H,11H2. The van der Waals surface area contributed by atoms with Gasteiger partial charge in [0, 0.05) is 6.20 Å². The van der Waals surface area contributed by atoms with Crippen LogP contribution in [0.1, 0.15) is 28.0 Å². The number of furan rings is 1. The maximum absolute atomic E-state index is 14.0. The molecule has 3 heterocycles. The average Bonchev–Trinajstić information content (AvgIpc) is 3.20. The molecule has 1 unspecified atom stereocenters. The predicted molar refractivity (Wildman–Crippen MR) is 85.6 cm³/mol. The van der Waals surface area contributed by atoms with Gasteiger partial charge in [0.05, 0.1) is 29.8 Å². The van der Waals surface area contributed by atoms with Crippen LogP contribution < -0.4 is 5.32 Å². The van der Waals surface area contributed by atoms with E-state index in [9.17, 15) is 9.18 Å². The SMILES string of the molecule is O=C1c2cccnc2C(Nc2ccccc2F)N1Cc1ccco1. The van der Waals surface area contributed by atoms with Crippen molar-refractivity contribution < 1.29 is 13.6 Å². The van der Waals surface area contributed by atoms with E-state index in [1.807, 2.05) is 0 Å². The lowest BCUT2D eigenvalue weighted by Crippen LogP contribution is -2.32. The number of amides is 1. The van der Waals surface area contributed by atoms with Crippen LogP contribution in [0.2, 0.25) is 0 Å². The zero-order valence-electron chi connectivity index (χ0n) is 12.6. The third-order valence-electron chi connectivity index (χ3n) is 3.97. The molecule has 1 atom stereocenters. The Morgan fingerprint density at radius 2 is 2.04 bits per heavy atom. The van der Waals surface area contributed by atoms with Gasteiger partial charge in [0.1, 0.15) is 17.7 Å². The molecule has 1 aliphatic rings. The number of hydrogen-bond acceptors (Lipinski definition) is 4. The number of pyridine rings is 1. The third-order valence-corrected chi connectivity index (χ3v) is 3.97. The van der Waals surface area contributed by atoms with Crippen molar-refractivity contribution in [2.24, 2.45) is 0 Å². The molecule has 0 saturated heterocycles. The number of para-hydroxylation sites is 1. The smallest absolute Gasteiger partial charge is 0.258 e. The van der Waals surface area contributed by atoms with E-state index in [0.29, 0.717) is 22.7 Å². The minimum Gasteiger partial charge on any atom is -0.467 e. The van der Waals surface area contributed by atoms with Crippen molar-refractivity contribution in [3.63, 3.8) is 0 Å². The second-order valence-corrected chi connectivity index (χ2v) is 5.48. The Bertz CT molecular complexity index is 879. The second-order valence-electron chi connectivity index (χ2n) is 5.48. The van der Waals surface area contributed by atoms with Gasteiger partial charge in [0.15, 0.2) is 0 Å². The Balaban J connectivity index is 1.72. The lowest BCUT2D eigenvalue weighted by molar-refractivity contribution is 0.0714. The zero-order chi connectivity index (χ0) is 16.5. The average molecular weight is 323 g/mol. The predicted octanol–water partition coefficient (Wildman–Crippen LogP) is 3.58. The van der Waals surface area contributed by atoms with E-state index in [2.05, 4.69) is 10.3 Å². The molecule has 1 N–H and O–H groups in total. The molecule has 0 aliphatic carbocycles. The second kappa shape index (κ2) is 5.81. The van der Waals surface area contributed by atoms with Crippen LogP contribution in [0.15, 0.2) is 65.4 Å². The normalized spacial score (nSPS) is 16.3. The minimum atomic E-state index is -0.560. The Morgan fingerprint density at radius 1 is 1.17 bits per heavy atom. The Labute approximate surface area is 137 Å². The first-order valence-electron chi connectivity index (χ1n) is 7.53. The summed E-state index contributed by atoms with van der Waals surface area (Å²) < 4.78 is 19.4. The number of nitrogens with one attached hydrogen (secondary N) is 1. The highest BCUT2D eigenvalue weighted by Crippen LogP contribution is 2.34. The zero-order valence-corrected chi connectivity index (χ0v) is 12.6. The number of fused-ring (bicyclic) bond motifs is 1. The number of rotatable bonds is 4. The molecule has 24 heavy (non-hydrogen) atoms. The fourth-order valence-electron chi connectivity index (χ4n) is 2.84. The monoisotopic (exact) mass is 323 g/mol. The highest BCUT2D eigenvalue weighted by molar-refractivity contribution is 5.98. The fourth-order valence-corrected chi connectivity index (χ4v) is 2.84. The largest absolute Gasteiger partial charge is 0.467 e. The van der Waals surface area contributed by atoms with Crippen LogP contribution in [0, 0.1) is 5.82 Å². The van der Waals surface area contributed by atoms with Gasteiger partial charge in [0.2, 0.25) is 0 Å². The van der Waals surface area contributed by atoms with Gasteiger partial charge in [0.25, 0.3) is 5.91 Å². The van der Waals surface area contributed by atoms with Crippen LogP contribution in [-0.2, 0) is 6.54 Å². The summed E-state index contributed by atoms with van der Waals surface area (Å²) in [6.07, 6.45) is 2.62. The van der Waals surface area contributed by atoms with Crippen LogP contribution in [0.5, 0.6) is 0 Å². The number of halogens is 1. The number of carbonyl (C=O) groups is 1. The van der Waals surface area contributed by atoms with Crippen molar-refractivity contribution >= 4 is 11.6 Å². The summed E-state index contributed by atoms with van der Waals surface area (Å²) in [4.78, 5) is 18.6. The number of aromatic nitrogens is 1. The van der Waals surface area contributed by atoms with Crippen LogP contribution in [0.4, 0.5) is 10.1 Å². The molecular weight excluding hydrogens is 309 g/mol. The van der Waals surface area contributed by atoms with Crippen molar-refractivity contribution in [3.8, 4) is 0 Å². The maximum atomic E-state index is 14.0. The maximum Gasteiger partial charge on any atom is 0.258 e. The molecule has 6 heteroatoms. The Hall–Kier alpha value is -3.15. The van der Waals surface area contributed by atoms with Crippen molar-refractivity contribution in [2.75, 3.05) is 5.32 Å². The van der Waals surface area contributed by atoms with Gasteiger partial charge in [-0.25, -0.2) is 4.39 Å². The Kier molecular flexibility index (Phi) is 3.49. The van der Waals surface area contributed by atoms with E-state index in [1.54, 1.807) is 59.8 Å². The van der Waals surface area contributed by atoms with E-state index in [1.165, 1.54) is 6.07 Å². The molecule has 5 nitrogen and oxygen atoms in total. The number of nitrogens with zero attached hydrogens (tertiary/aromatic N) is 2. The minimum absolute atomic E-state index is 0.164. The fraction of sp³-hybridized carbons (Fsp3) is 0.111. The van der Waals surface area contributed by atoms with Crippen LogP contribution in [0.25, 0.3) is 0 Å². The summed E-state index contributed by atoms with van der Waals surface area (Å²) in [5.41, 5.74) is 1.41. The van der Waals surface area contributed by atoms with Gasteiger partial charge in [-0.2, -0.15) is 0 Å². The van der Waals surface area contributed by atoms with Crippen molar-refractivity contribution in [2.45, 2.75) is 12.7 Å². The lowest BCUT2D eigenvalue weighted by Gasteiger charge is -2.25. The van der Waals surface area contributed by atoms with Crippen LogP contribution >= 0.6 is 0 Å². The van der Waals surface area contributed by atoms with Gasteiger partial charge in [-0.1, -0.05) is 12.1 Å². The highest BCUT2D eigenvalue weighted by Gasteiger charge is 2.38. The van der Waals surface area contributed by atoms with E-state index in [4.69, 9.17) is 4.42 Å². The van der Waals surface area contributed by atoms with Crippen molar-refractivity contribution in [1.29, 1.82) is 0 Å². The first-order chi connectivity index (χ1) is 11.7. The first kappa shape index (κ1) is 14.4. The number of benzene rings is 1. The summed E-state index contributed by atoms with van der Waals surface area (Å²) in [5.74, 6) is 0.104. The van der Waals surface area contributed by atoms with E-state index in [0.717, 1.165) is 0 Å². The summed E-state index contributed by atoms with van der Waals surface area (Å²) in [6.45, 7) is 0.272. The molecule has 1 aromatic carbocycles. The van der Waals surface area contributed by atoms with Crippen molar-refractivity contribution in [3.05, 3.63) is 83.8 Å². The quantitative estimate of drug-likeness (QED) is 0.797. The molecule has 1 aliphatic heterocycles. The number of hydrogen-bond donors (Lipinski definition) is 1. The van der Waals surface area contributed by atoms with Gasteiger partial charge >= 0.3 is 0 Å². The lowest BCUT2D eigenvalue weighted by atomic mass is 10.2. The number of anilines is 1. The van der Waals surface area contributed by atoms with E-state index >= 15 is 0 Å². The topological polar surface area (TPSA) is 58.4 Å². The molecule has 1 amide bonds. The first-order valence-corrected chi connectivity index (χ1v) is 7.53. The van der Waals surface area contributed by atoms with Gasteiger partial charge in [-0.05, 0) is 36.4 Å². The molecule has 4 rings (SSSR count). The summed E-state index contributed by atoms with van der Waals surface area (Å²) in [5, 5.41) is 3.08. The molecule has 0 radical (unpaired) electrons. The van der Waals surface area contributed by atoms with Gasteiger partial charge in [-0.15, -0.1) is 0 Å². The summed E-state index contributed by atoms with van der Waals surface area (Å²) in [6, 6.07) is 13.4. The van der Waals surface area contributed by atoms with Crippen LogP contribution in [0.3, 0.4) is 0 Å².